The number of hydrogen-bond acceptors (Lipinski definition) is 4. The number of ether oxygens (including phenoxy) is 1. The Balaban J connectivity index is 0.00000306. The fraction of sp³-hybridized carbons (Fsp3) is 0.458. The van der Waals surface area contributed by atoms with Crippen molar-refractivity contribution in [1.82, 2.24) is 10.2 Å². The smallest absolute Gasteiger partial charge is 0.193 e. The molecule has 2 aliphatic rings. The summed E-state index contributed by atoms with van der Waals surface area (Å²) in [5, 5.41) is 3.52. The average Bonchev–Trinajstić information content (AvgIpc) is 3.30. The number of methoxy groups -OCH3 is 1. The lowest BCUT2D eigenvalue weighted by Gasteiger charge is -2.38. The molecule has 2 aromatic rings. The van der Waals surface area contributed by atoms with Gasteiger partial charge in [-0.15, -0.1) is 24.0 Å². The maximum atomic E-state index is 14.1. The Morgan fingerprint density at radius 2 is 1.79 bits per heavy atom. The summed E-state index contributed by atoms with van der Waals surface area (Å²) < 4.78 is 33.2. The van der Waals surface area contributed by atoms with Gasteiger partial charge < -0.3 is 24.8 Å². The first-order valence-electron chi connectivity index (χ1n) is 11.1. The summed E-state index contributed by atoms with van der Waals surface area (Å²) in [4.78, 5) is 10.9. The van der Waals surface area contributed by atoms with Crippen molar-refractivity contribution < 1.29 is 13.5 Å². The van der Waals surface area contributed by atoms with Crippen LogP contribution in [-0.4, -0.2) is 70.8 Å². The largest absolute Gasteiger partial charge is 0.495 e. The molecule has 0 saturated carbocycles. The summed E-state index contributed by atoms with van der Waals surface area (Å²) in [5.41, 5.74) is 1.47. The molecule has 1 atom stereocenters. The van der Waals surface area contributed by atoms with Crippen LogP contribution < -0.4 is 19.9 Å². The number of halogens is 3. The van der Waals surface area contributed by atoms with Crippen LogP contribution in [0.15, 0.2) is 47.5 Å². The second-order valence-corrected chi connectivity index (χ2v) is 8.27. The third kappa shape index (κ3) is 5.99. The fourth-order valence-corrected chi connectivity index (χ4v) is 4.56. The second kappa shape index (κ2) is 11.7. The molecule has 1 unspecified atom stereocenters. The Bertz CT molecular complexity index is 952. The van der Waals surface area contributed by atoms with Gasteiger partial charge in [-0.25, -0.2) is 8.78 Å². The number of para-hydroxylation sites is 2. The molecular weight excluding hydrogens is 539 g/mol. The van der Waals surface area contributed by atoms with Gasteiger partial charge in [0.25, 0.3) is 0 Å². The molecule has 0 aliphatic carbocycles. The summed E-state index contributed by atoms with van der Waals surface area (Å²) >= 11 is 0. The molecule has 180 valence electrons. The van der Waals surface area contributed by atoms with Crippen molar-refractivity contribution in [2.45, 2.75) is 6.42 Å². The minimum Gasteiger partial charge on any atom is -0.495 e. The Hall–Kier alpha value is -2.30. The normalized spacial score (nSPS) is 18.8. The van der Waals surface area contributed by atoms with Crippen molar-refractivity contribution in [2.24, 2.45) is 10.9 Å². The van der Waals surface area contributed by atoms with Gasteiger partial charge in [-0.3, -0.25) is 4.99 Å². The second-order valence-electron chi connectivity index (χ2n) is 8.27. The van der Waals surface area contributed by atoms with Crippen molar-refractivity contribution in [1.29, 1.82) is 0 Å². The van der Waals surface area contributed by atoms with E-state index in [4.69, 9.17) is 4.74 Å². The zero-order chi connectivity index (χ0) is 22.5. The van der Waals surface area contributed by atoms with Gasteiger partial charge in [-0.2, -0.15) is 0 Å². The minimum absolute atomic E-state index is 0. The molecule has 0 aromatic heterocycles. The fourth-order valence-electron chi connectivity index (χ4n) is 4.56. The highest BCUT2D eigenvalue weighted by Gasteiger charge is 2.26. The highest BCUT2D eigenvalue weighted by molar-refractivity contribution is 14.0. The number of rotatable bonds is 5. The molecule has 2 aromatic carbocycles. The molecule has 2 aliphatic heterocycles. The maximum Gasteiger partial charge on any atom is 0.193 e. The van der Waals surface area contributed by atoms with Crippen molar-refractivity contribution in [3.63, 3.8) is 0 Å². The summed E-state index contributed by atoms with van der Waals surface area (Å²) in [7, 11) is 3.50. The SMILES string of the molecule is CN=C(NCC1CCN(c2ccccc2OC)C1)N1CCN(c2cc(F)ccc2F)CC1.I. The Morgan fingerprint density at radius 3 is 2.52 bits per heavy atom. The van der Waals surface area contributed by atoms with Crippen LogP contribution in [0.4, 0.5) is 20.2 Å². The van der Waals surface area contributed by atoms with Gasteiger partial charge in [0.15, 0.2) is 5.96 Å². The van der Waals surface area contributed by atoms with Crippen LogP contribution in [0.3, 0.4) is 0 Å². The number of nitrogens with zero attached hydrogens (tertiary/aromatic N) is 4. The lowest BCUT2D eigenvalue weighted by Crippen LogP contribution is -2.53. The number of hydrogen-bond donors (Lipinski definition) is 1. The van der Waals surface area contributed by atoms with E-state index in [0.29, 0.717) is 37.8 Å². The number of aliphatic imine (C=N–C) groups is 1. The predicted molar refractivity (Wildman–Crippen MR) is 140 cm³/mol. The molecule has 2 saturated heterocycles. The van der Waals surface area contributed by atoms with Gasteiger partial charge in [0.2, 0.25) is 0 Å². The molecular formula is C24H32F2IN5O. The third-order valence-corrected chi connectivity index (χ3v) is 6.30. The summed E-state index contributed by atoms with van der Waals surface area (Å²) in [6, 6.07) is 11.7. The number of nitrogens with one attached hydrogen (secondary N) is 1. The third-order valence-electron chi connectivity index (χ3n) is 6.30. The number of benzene rings is 2. The van der Waals surface area contributed by atoms with E-state index in [1.807, 2.05) is 23.1 Å². The summed E-state index contributed by atoms with van der Waals surface area (Å²) in [5.74, 6) is 1.48. The first kappa shape index (κ1) is 25.3. The maximum absolute atomic E-state index is 14.1. The van der Waals surface area contributed by atoms with Gasteiger partial charge in [-0.05, 0) is 36.6 Å². The minimum atomic E-state index is -0.417. The van der Waals surface area contributed by atoms with Crippen molar-refractivity contribution >= 4 is 41.3 Å². The summed E-state index contributed by atoms with van der Waals surface area (Å²) in [6.07, 6.45) is 1.11. The highest BCUT2D eigenvalue weighted by atomic mass is 127. The predicted octanol–water partition coefficient (Wildman–Crippen LogP) is 3.82. The van der Waals surface area contributed by atoms with E-state index >= 15 is 0 Å². The van der Waals surface area contributed by atoms with Crippen LogP contribution in [0.2, 0.25) is 0 Å². The van der Waals surface area contributed by atoms with E-state index in [9.17, 15) is 8.78 Å². The number of guanidine groups is 1. The van der Waals surface area contributed by atoms with Crippen LogP contribution in [0.25, 0.3) is 0 Å². The van der Waals surface area contributed by atoms with Crippen LogP contribution in [0, 0.1) is 17.6 Å². The Labute approximate surface area is 211 Å². The van der Waals surface area contributed by atoms with Gasteiger partial charge in [0.1, 0.15) is 17.4 Å². The molecule has 2 fully saturated rings. The van der Waals surface area contributed by atoms with Crippen molar-refractivity contribution in [3.8, 4) is 5.75 Å². The quantitative estimate of drug-likeness (QED) is 0.336. The molecule has 6 nitrogen and oxygen atoms in total. The molecule has 33 heavy (non-hydrogen) atoms. The summed E-state index contributed by atoms with van der Waals surface area (Å²) in [6.45, 7) is 5.46. The van der Waals surface area contributed by atoms with E-state index < -0.39 is 5.82 Å². The lowest BCUT2D eigenvalue weighted by molar-refractivity contribution is 0.367. The number of piperazine rings is 1. The van der Waals surface area contributed by atoms with E-state index in [2.05, 4.69) is 26.2 Å². The zero-order valence-corrected chi connectivity index (χ0v) is 21.5. The topological polar surface area (TPSA) is 43.3 Å². The van der Waals surface area contributed by atoms with E-state index in [0.717, 1.165) is 49.5 Å². The molecule has 0 radical (unpaired) electrons. The first-order valence-corrected chi connectivity index (χ1v) is 11.1. The van der Waals surface area contributed by atoms with Crippen molar-refractivity contribution in [3.05, 3.63) is 54.1 Å². The highest BCUT2D eigenvalue weighted by Crippen LogP contribution is 2.31. The van der Waals surface area contributed by atoms with Crippen molar-refractivity contribution in [2.75, 3.05) is 69.8 Å². The van der Waals surface area contributed by atoms with Gasteiger partial charge in [0, 0.05) is 58.9 Å². The van der Waals surface area contributed by atoms with E-state index in [-0.39, 0.29) is 29.8 Å². The molecule has 0 amide bonds. The van der Waals surface area contributed by atoms with Crippen LogP contribution in [0.1, 0.15) is 6.42 Å². The number of anilines is 2. The lowest BCUT2D eigenvalue weighted by atomic mass is 10.1. The molecule has 1 N–H and O–H groups in total. The Kier molecular flexibility index (Phi) is 8.99. The van der Waals surface area contributed by atoms with Gasteiger partial charge in [-0.1, -0.05) is 12.1 Å². The van der Waals surface area contributed by atoms with Crippen LogP contribution in [-0.2, 0) is 0 Å². The van der Waals surface area contributed by atoms with E-state index in [1.165, 1.54) is 12.1 Å². The monoisotopic (exact) mass is 571 g/mol. The first-order chi connectivity index (χ1) is 15.6. The standard InChI is InChI=1S/C24H31F2N5O.HI/c1-27-24(30-13-11-29(12-14-30)22-15-19(25)7-8-20(22)26)28-16-18-9-10-31(17-18)21-5-3-4-6-23(21)32-2;/h3-8,15,18H,9-14,16-17H2,1-2H3,(H,27,28);1H. The molecule has 9 heteroatoms. The van der Waals surface area contributed by atoms with Gasteiger partial charge >= 0.3 is 0 Å². The molecule has 4 rings (SSSR count). The molecule has 2 heterocycles. The molecule has 0 bridgehead atoms. The van der Waals surface area contributed by atoms with Crippen LogP contribution >= 0.6 is 24.0 Å². The van der Waals surface area contributed by atoms with Crippen LogP contribution in [0.5, 0.6) is 5.75 Å². The van der Waals surface area contributed by atoms with E-state index in [1.54, 1.807) is 14.2 Å². The molecule has 0 spiro atoms. The Morgan fingerprint density at radius 1 is 1.03 bits per heavy atom. The zero-order valence-electron chi connectivity index (χ0n) is 19.1. The van der Waals surface area contributed by atoms with Gasteiger partial charge in [0.05, 0.1) is 18.5 Å². The average molecular weight is 571 g/mol.